The van der Waals surface area contributed by atoms with E-state index in [0.717, 1.165) is 6.26 Å². The number of benzene rings is 2. The molecule has 0 aliphatic rings. The topological polar surface area (TPSA) is 103 Å². The molecular weight excluding hydrogens is 406 g/mol. The van der Waals surface area contributed by atoms with Gasteiger partial charge in [0.1, 0.15) is 11.6 Å². The largest absolute Gasteiger partial charge is 0.435 e. The number of anilines is 1. The van der Waals surface area contributed by atoms with Crippen molar-refractivity contribution in [3.63, 3.8) is 0 Å². The minimum Gasteiger partial charge on any atom is -0.435 e. The predicted molar refractivity (Wildman–Crippen MR) is 100 cm³/mol. The Balaban J connectivity index is 1.76. The summed E-state index contributed by atoms with van der Waals surface area (Å²) in [5.74, 6) is -0.290. The zero-order valence-electron chi connectivity index (χ0n) is 15.3. The fourth-order valence-electron chi connectivity index (χ4n) is 2.47. The zero-order chi connectivity index (χ0) is 21.2. The van der Waals surface area contributed by atoms with E-state index < -0.39 is 22.4 Å². The molecular formula is C18H16F2N4O4S. The number of aryl methyl sites for hydroxylation is 1. The van der Waals surface area contributed by atoms with Crippen LogP contribution in [0.15, 0.2) is 53.4 Å². The van der Waals surface area contributed by atoms with Gasteiger partial charge in [0.25, 0.3) is 5.91 Å². The highest BCUT2D eigenvalue weighted by Crippen LogP contribution is 2.18. The van der Waals surface area contributed by atoms with E-state index in [1.807, 2.05) is 0 Å². The van der Waals surface area contributed by atoms with Gasteiger partial charge in [-0.05, 0) is 55.5 Å². The number of hydrogen-bond acceptors (Lipinski definition) is 6. The number of alkyl halides is 2. The molecule has 0 spiro atoms. The summed E-state index contributed by atoms with van der Waals surface area (Å²) in [6.45, 7) is -1.29. The second-order valence-corrected chi connectivity index (χ2v) is 8.03. The Morgan fingerprint density at radius 1 is 1.10 bits per heavy atom. The van der Waals surface area contributed by atoms with Crippen molar-refractivity contribution in [2.75, 3.05) is 11.6 Å². The summed E-state index contributed by atoms with van der Waals surface area (Å²) >= 11 is 0. The van der Waals surface area contributed by atoms with E-state index in [4.69, 9.17) is 0 Å². The molecule has 0 bridgehead atoms. The van der Waals surface area contributed by atoms with Crippen LogP contribution in [0.5, 0.6) is 5.75 Å². The Kier molecular flexibility index (Phi) is 5.59. The number of carbonyl (C=O) groups is 1. The summed E-state index contributed by atoms with van der Waals surface area (Å²) < 4.78 is 53.1. The van der Waals surface area contributed by atoms with E-state index in [9.17, 15) is 22.0 Å². The SMILES string of the molecule is Cc1nc(C(=O)Nc2ccc(S(C)(=O)=O)cc2)nn1-c1ccc(OC(F)F)cc1. The summed E-state index contributed by atoms with van der Waals surface area (Å²) in [7, 11) is -3.33. The second-order valence-electron chi connectivity index (χ2n) is 6.02. The number of aromatic nitrogens is 3. The van der Waals surface area contributed by atoms with Gasteiger partial charge in [-0.1, -0.05) is 0 Å². The lowest BCUT2D eigenvalue weighted by Crippen LogP contribution is -2.14. The molecule has 1 aromatic heterocycles. The van der Waals surface area contributed by atoms with Crippen LogP contribution in [-0.4, -0.2) is 42.0 Å². The van der Waals surface area contributed by atoms with Crippen LogP contribution in [0.25, 0.3) is 5.69 Å². The normalized spacial score (nSPS) is 11.5. The van der Waals surface area contributed by atoms with Crippen molar-refractivity contribution in [3.8, 4) is 11.4 Å². The van der Waals surface area contributed by atoms with E-state index in [1.165, 1.54) is 53.2 Å². The average Bonchev–Trinajstić information content (AvgIpc) is 3.03. The van der Waals surface area contributed by atoms with Gasteiger partial charge in [0.15, 0.2) is 9.84 Å². The first-order valence-electron chi connectivity index (χ1n) is 8.24. The average molecular weight is 422 g/mol. The summed E-state index contributed by atoms with van der Waals surface area (Å²) in [5, 5.41) is 6.72. The number of rotatable bonds is 6. The van der Waals surface area contributed by atoms with E-state index in [-0.39, 0.29) is 16.5 Å². The standard InChI is InChI=1S/C18H16F2N4O4S/c1-11-21-16(17(25)22-12-3-9-15(10-4-12)29(2,26)27)23-24(11)13-5-7-14(8-6-13)28-18(19)20/h3-10,18H,1-2H3,(H,22,25). The number of amides is 1. The molecule has 11 heteroatoms. The summed E-state index contributed by atoms with van der Waals surface area (Å²) in [6.07, 6.45) is 1.09. The van der Waals surface area contributed by atoms with E-state index >= 15 is 0 Å². The molecule has 0 unspecified atom stereocenters. The lowest BCUT2D eigenvalue weighted by Gasteiger charge is -2.06. The monoisotopic (exact) mass is 422 g/mol. The summed E-state index contributed by atoms with van der Waals surface area (Å²) in [4.78, 5) is 16.6. The van der Waals surface area contributed by atoms with Gasteiger partial charge >= 0.3 is 6.61 Å². The van der Waals surface area contributed by atoms with Gasteiger partial charge < -0.3 is 10.1 Å². The molecule has 0 aliphatic heterocycles. The van der Waals surface area contributed by atoms with Crippen LogP contribution in [0, 0.1) is 6.92 Å². The fourth-order valence-corrected chi connectivity index (χ4v) is 3.10. The van der Waals surface area contributed by atoms with Crippen molar-refractivity contribution in [1.29, 1.82) is 0 Å². The lowest BCUT2D eigenvalue weighted by molar-refractivity contribution is -0.0498. The van der Waals surface area contributed by atoms with Crippen molar-refractivity contribution in [2.24, 2.45) is 0 Å². The first kappa shape index (κ1) is 20.4. The third-order valence-corrected chi connectivity index (χ3v) is 4.95. The maximum Gasteiger partial charge on any atom is 0.387 e. The fraction of sp³-hybridized carbons (Fsp3) is 0.167. The van der Waals surface area contributed by atoms with Crippen molar-refractivity contribution >= 4 is 21.4 Å². The van der Waals surface area contributed by atoms with Crippen molar-refractivity contribution in [1.82, 2.24) is 14.8 Å². The van der Waals surface area contributed by atoms with E-state index in [0.29, 0.717) is 17.2 Å². The van der Waals surface area contributed by atoms with Crippen LogP contribution in [0.2, 0.25) is 0 Å². The Morgan fingerprint density at radius 2 is 1.72 bits per heavy atom. The molecule has 3 rings (SSSR count). The number of hydrogen-bond donors (Lipinski definition) is 1. The number of ether oxygens (including phenoxy) is 1. The molecule has 2 aromatic carbocycles. The first-order valence-corrected chi connectivity index (χ1v) is 10.1. The molecule has 0 saturated heterocycles. The number of carbonyl (C=O) groups excluding carboxylic acids is 1. The molecule has 0 saturated carbocycles. The highest BCUT2D eigenvalue weighted by molar-refractivity contribution is 7.90. The second kappa shape index (κ2) is 7.95. The molecule has 0 radical (unpaired) electrons. The maximum atomic E-state index is 12.4. The smallest absolute Gasteiger partial charge is 0.387 e. The third-order valence-electron chi connectivity index (χ3n) is 3.82. The molecule has 152 valence electrons. The highest BCUT2D eigenvalue weighted by Gasteiger charge is 2.16. The predicted octanol–water partition coefficient (Wildman–Crippen LogP) is 2.83. The van der Waals surface area contributed by atoms with Crippen LogP contribution < -0.4 is 10.1 Å². The van der Waals surface area contributed by atoms with Gasteiger partial charge in [0.05, 0.1) is 10.6 Å². The Hall–Kier alpha value is -3.34. The molecule has 1 N–H and O–H groups in total. The van der Waals surface area contributed by atoms with Gasteiger partial charge in [-0.3, -0.25) is 4.79 Å². The van der Waals surface area contributed by atoms with Gasteiger partial charge in [-0.15, -0.1) is 5.10 Å². The number of sulfone groups is 1. The number of nitrogens with zero attached hydrogens (tertiary/aromatic N) is 3. The third kappa shape index (κ3) is 4.93. The molecule has 0 aliphatic carbocycles. The molecule has 0 fully saturated rings. The molecule has 1 heterocycles. The first-order chi connectivity index (χ1) is 13.6. The quantitative estimate of drug-likeness (QED) is 0.655. The summed E-state index contributed by atoms with van der Waals surface area (Å²) in [5.41, 5.74) is 0.887. The minimum absolute atomic E-state index is 0.00275. The zero-order valence-corrected chi connectivity index (χ0v) is 16.2. The number of nitrogens with one attached hydrogen (secondary N) is 1. The van der Waals surface area contributed by atoms with Crippen molar-refractivity contribution in [2.45, 2.75) is 18.4 Å². The molecule has 29 heavy (non-hydrogen) atoms. The maximum absolute atomic E-state index is 12.4. The van der Waals surface area contributed by atoms with Crippen LogP contribution in [-0.2, 0) is 9.84 Å². The van der Waals surface area contributed by atoms with Gasteiger partial charge in [0, 0.05) is 11.9 Å². The van der Waals surface area contributed by atoms with Crippen LogP contribution in [0.1, 0.15) is 16.4 Å². The lowest BCUT2D eigenvalue weighted by atomic mass is 10.3. The Bertz CT molecular complexity index is 1130. The van der Waals surface area contributed by atoms with Crippen LogP contribution >= 0.6 is 0 Å². The van der Waals surface area contributed by atoms with Crippen molar-refractivity contribution in [3.05, 3.63) is 60.2 Å². The Labute approximate surface area is 165 Å². The van der Waals surface area contributed by atoms with Crippen LogP contribution in [0.4, 0.5) is 14.5 Å². The van der Waals surface area contributed by atoms with Gasteiger partial charge in [-0.25, -0.2) is 18.1 Å². The minimum atomic E-state index is -3.33. The van der Waals surface area contributed by atoms with Gasteiger partial charge in [0.2, 0.25) is 5.82 Å². The molecule has 8 nitrogen and oxygen atoms in total. The molecule has 3 aromatic rings. The van der Waals surface area contributed by atoms with Gasteiger partial charge in [-0.2, -0.15) is 8.78 Å². The highest BCUT2D eigenvalue weighted by atomic mass is 32.2. The van der Waals surface area contributed by atoms with E-state index in [1.54, 1.807) is 6.92 Å². The van der Waals surface area contributed by atoms with Crippen LogP contribution in [0.3, 0.4) is 0 Å². The summed E-state index contributed by atoms with van der Waals surface area (Å²) in [6, 6.07) is 11.4. The number of halogens is 2. The molecule has 0 atom stereocenters. The van der Waals surface area contributed by atoms with E-state index in [2.05, 4.69) is 20.1 Å². The van der Waals surface area contributed by atoms with Crippen molar-refractivity contribution < 1.29 is 26.7 Å². The Morgan fingerprint density at radius 3 is 2.28 bits per heavy atom. The molecule has 1 amide bonds.